The number of carbonyl (C=O) groups excluding carboxylic acids is 1. The smallest absolute Gasteiger partial charge is 0.254 e. The number of nitrogens with one attached hydrogen (secondary N) is 1. The zero-order chi connectivity index (χ0) is 15.4. The summed E-state index contributed by atoms with van der Waals surface area (Å²) in [4.78, 5) is 15.6. The first-order valence-corrected chi connectivity index (χ1v) is 7.65. The summed E-state index contributed by atoms with van der Waals surface area (Å²) in [5.41, 5.74) is 1.49. The highest BCUT2D eigenvalue weighted by molar-refractivity contribution is 5.94. The van der Waals surface area contributed by atoms with Crippen LogP contribution in [0.1, 0.15) is 15.9 Å². The normalized spacial score (nSPS) is 15.8. The van der Waals surface area contributed by atoms with Gasteiger partial charge in [-0.25, -0.2) is 4.39 Å². The number of rotatable bonds is 3. The zero-order valence-electron chi connectivity index (χ0n) is 12.5. The van der Waals surface area contributed by atoms with Gasteiger partial charge in [-0.1, -0.05) is 36.4 Å². The van der Waals surface area contributed by atoms with Crippen LogP contribution in [0.3, 0.4) is 0 Å². The van der Waals surface area contributed by atoms with E-state index < -0.39 is 0 Å². The highest BCUT2D eigenvalue weighted by Gasteiger charge is 2.24. The standard InChI is InChI=1S/C18H19FN2O/c19-17-9-5-4-8-16(17)14-20-10-12-21(13-11-20)18(22)15-6-2-1-3-7-15/h1-9H,10-14H2/p+1. The number of nitrogens with zero attached hydrogens (tertiary/aromatic N) is 1. The number of halogens is 1. The molecule has 1 aliphatic rings. The topological polar surface area (TPSA) is 24.8 Å². The van der Waals surface area contributed by atoms with Crippen molar-refractivity contribution in [2.45, 2.75) is 6.54 Å². The summed E-state index contributed by atoms with van der Waals surface area (Å²) in [5.74, 6) is -0.0525. The number of amides is 1. The van der Waals surface area contributed by atoms with Crippen LogP contribution in [-0.4, -0.2) is 37.0 Å². The monoisotopic (exact) mass is 299 g/mol. The number of benzene rings is 2. The van der Waals surface area contributed by atoms with E-state index in [1.54, 1.807) is 6.07 Å². The van der Waals surface area contributed by atoms with Crippen LogP contribution in [0.5, 0.6) is 0 Å². The average Bonchev–Trinajstić information content (AvgIpc) is 2.58. The van der Waals surface area contributed by atoms with Gasteiger partial charge in [-0.05, 0) is 18.2 Å². The minimum atomic E-state index is -0.141. The van der Waals surface area contributed by atoms with E-state index in [1.807, 2.05) is 47.4 Å². The predicted octanol–water partition coefficient (Wildman–Crippen LogP) is 1.37. The largest absolute Gasteiger partial charge is 0.328 e. The van der Waals surface area contributed by atoms with Gasteiger partial charge >= 0.3 is 0 Å². The molecule has 1 amide bonds. The second-order valence-corrected chi connectivity index (χ2v) is 5.68. The number of hydrogen-bond donors (Lipinski definition) is 1. The predicted molar refractivity (Wildman–Crippen MR) is 83.1 cm³/mol. The molecule has 1 N–H and O–H groups in total. The minimum Gasteiger partial charge on any atom is -0.328 e. The Labute approximate surface area is 130 Å². The van der Waals surface area contributed by atoms with Crippen LogP contribution in [0, 0.1) is 5.82 Å². The van der Waals surface area contributed by atoms with E-state index in [4.69, 9.17) is 0 Å². The van der Waals surface area contributed by atoms with Gasteiger partial charge in [0.1, 0.15) is 12.4 Å². The van der Waals surface area contributed by atoms with Gasteiger partial charge < -0.3 is 9.80 Å². The van der Waals surface area contributed by atoms with E-state index in [0.29, 0.717) is 6.54 Å². The summed E-state index contributed by atoms with van der Waals surface area (Å²) in [6.45, 7) is 3.83. The Bertz CT molecular complexity index is 637. The Morgan fingerprint density at radius 1 is 1.00 bits per heavy atom. The molecule has 0 bridgehead atoms. The lowest BCUT2D eigenvalue weighted by molar-refractivity contribution is -0.917. The molecule has 1 heterocycles. The van der Waals surface area contributed by atoms with Crippen molar-refractivity contribution in [1.82, 2.24) is 4.90 Å². The highest BCUT2D eigenvalue weighted by atomic mass is 19.1. The first-order chi connectivity index (χ1) is 10.7. The Balaban J connectivity index is 1.57. The van der Waals surface area contributed by atoms with E-state index in [2.05, 4.69) is 0 Å². The van der Waals surface area contributed by atoms with E-state index in [-0.39, 0.29) is 11.7 Å². The van der Waals surface area contributed by atoms with Crippen LogP contribution in [0.2, 0.25) is 0 Å². The minimum absolute atomic E-state index is 0.0885. The first-order valence-electron chi connectivity index (χ1n) is 7.65. The summed E-state index contributed by atoms with van der Waals surface area (Å²) in [6, 6.07) is 16.3. The van der Waals surface area contributed by atoms with Crippen molar-refractivity contribution in [2.24, 2.45) is 0 Å². The molecule has 114 valence electrons. The molecule has 2 aromatic rings. The summed E-state index contributed by atoms with van der Waals surface area (Å²) in [5, 5.41) is 0. The molecule has 0 saturated carbocycles. The van der Waals surface area contributed by atoms with Gasteiger partial charge in [-0.15, -0.1) is 0 Å². The molecule has 0 aliphatic carbocycles. The lowest BCUT2D eigenvalue weighted by Crippen LogP contribution is -3.13. The first kappa shape index (κ1) is 14.7. The molecule has 0 unspecified atom stereocenters. The second kappa shape index (κ2) is 6.71. The van der Waals surface area contributed by atoms with Crippen LogP contribution in [-0.2, 0) is 6.54 Å². The van der Waals surface area contributed by atoms with E-state index in [1.165, 1.54) is 11.0 Å². The molecule has 0 spiro atoms. The van der Waals surface area contributed by atoms with Crippen LogP contribution >= 0.6 is 0 Å². The van der Waals surface area contributed by atoms with Gasteiger partial charge in [0, 0.05) is 11.1 Å². The van der Waals surface area contributed by atoms with Crippen LogP contribution in [0.25, 0.3) is 0 Å². The lowest BCUT2D eigenvalue weighted by Gasteiger charge is -2.32. The lowest BCUT2D eigenvalue weighted by atomic mass is 10.1. The third-order valence-corrected chi connectivity index (χ3v) is 4.18. The van der Waals surface area contributed by atoms with Gasteiger partial charge in [0.2, 0.25) is 0 Å². The van der Waals surface area contributed by atoms with Crippen LogP contribution < -0.4 is 4.90 Å². The molecule has 0 aromatic heterocycles. The maximum atomic E-state index is 13.7. The molecule has 1 aliphatic heterocycles. The fraction of sp³-hybridized carbons (Fsp3) is 0.278. The van der Waals surface area contributed by atoms with Crippen molar-refractivity contribution in [3.8, 4) is 0 Å². The SMILES string of the molecule is O=C(c1ccccc1)N1CC[NH+](Cc2ccccc2F)CC1. The van der Waals surface area contributed by atoms with Gasteiger partial charge in [0.15, 0.2) is 0 Å². The van der Waals surface area contributed by atoms with Gasteiger partial charge in [-0.2, -0.15) is 0 Å². The molecule has 0 radical (unpaired) electrons. The Kier molecular flexibility index (Phi) is 4.49. The summed E-state index contributed by atoms with van der Waals surface area (Å²) >= 11 is 0. The Morgan fingerprint density at radius 3 is 2.32 bits per heavy atom. The van der Waals surface area contributed by atoms with Gasteiger partial charge in [-0.3, -0.25) is 4.79 Å². The molecule has 4 heteroatoms. The zero-order valence-corrected chi connectivity index (χ0v) is 12.5. The van der Waals surface area contributed by atoms with E-state index in [0.717, 1.165) is 37.3 Å². The maximum absolute atomic E-state index is 13.7. The average molecular weight is 299 g/mol. The van der Waals surface area contributed by atoms with E-state index in [9.17, 15) is 9.18 Å². The molecule has 3 rings (SSSR count). The summed E-state index contributed by atoms with van der Waals surface area (Å²) < 4.78 is 13.7. The summed E-state index contributed by atoms with van der Waals surface area (Å²) in [7, 11) is 0. The fourth-order valence-electron chi connectivity index (χ4n) is 2.88. The number of carbonyl (C=O) groups is 1. The van der Waals surface area contributed by atoms with Crippen molar-refractivity contribution < 1.29 is 14.1 Å². The molecular formula is C18H20FN2O+. The second-order valence-electron chi connectivity index (χ2n) is 5.68. The van der Waals surface area contributed by atoms with Crippen molar-refractivity contribution >= 4 is 5.91 Å². The number of hydrogen-bond acceptors (Lipinski definition) is 1. The fourth-order valence-corrected chi connectivity index (χ4v) is 2.88. The maximum Gasteiger partial charge on any atom is 0.254 e. The van der Waals surface area contributed by atoms with Crippen molar-refractivity contribution in [1.29, 1.82) is 0 Å². The molecule has 0 atom stereocenters. The third kappa shape index (κ3) is 3.34. The number of piperazine rings is 1. The third-order valence-electron chi connectivity index (χ3n) is 4.18. The quantitative estimate of drug-likeness (QED) is 0.909. The van der Waals surface area contributed by atoms with Gasteiger partial charge in [0.25, 0.3) is 5.91 Å². The van der Waals surface area contributed by atoms with Crippen molar-refractivity contribution in [3.05, 3.63) is 71.5 Å². The molecule has 22 heavy (non-hydrogen) atoms. The Morgan fingerprint density at radius 2 is 1.64 bits per heavy atom. The van der Waals surface area contributed by atoms with Crippen LogP contribution in [0.4, 0.5) is 4.39 Å². The molecule has 2 aromatic carbocycles. The molecule has 3 nitrogen and oxygen atoms in total. The van der Waals surface area contributed by atoms with Gasteiger partial charge in [0.05, 0.1) is 26.2 Å². The molecule has 1 saturated heterocycles. The van der Waals surface area contributed by atoms with Crippen molar-refractivity contribution in [3.63, 3.8) is 0 Å². The Hall–Kier alpha value is -2.20. The molecular weight excluding hydrogens is 279 g/mol. The van der Waals surface area contributed by atoms with Crippen LogP contribution in [0.15, 0.2) is 54.6 Å². The number of quaternary nitrogens is 1. The van der Waals surface area contributed by atoms with Crippen molar-refractivity contribution in [2.75, 3.05) is 26.2 Å². The molecule has 1 fully saturated rings. The highest BCUT2D eigenvalue weighted by Crippen LogP contribution is 2.06. The summed E-state index contributed by atoms with van der Waals surface area (Å²) in [6.07, 6.45) is 0. The van der Waals surface area contributed by atoms with E-state index >= 15 is 0 Å².